The van der Waals surface area contributed by atoms with Crippen LogP contribution in [0.3, 0.4) is 0 Å². The minimum Gasteiger partial charge on any atom is -0.481 e. The molecule has 1 saturated heterocycles. The summed E-state index contributed by atoms with van der Waals surface area (Å²) in [5.74, 6) is -1.61. The van der Waals surface area contributed by atoms with Crippen molar-refractivity contribution in [1.29, 1.82) is 0 Å². The lowest BCUT2D eigenvalue weighted by molar-refractivity contribution is -0.147. The first-order valence-electron chi connectivity index (χ1n) is 9.19. The Bertz CT molecular complexity index is 466. The fourth-order valence-corrected chi connectivity index (χ4v) is 3.42. The van der Waals surface area contributed by atoms with E-state index in [1.54, 1.807) is 11.9 Å². The van der Waals surface area contributed by atoms with Gasteiger partial charge < -0.3 is 20.0 Å². The number of likely N-dealkylation sites (N-methyl/N-ethyl adjacent to an activating group) is 1. The maximum absolute atomic E-state index is 12.4. The van der Waals surface area contributed by atoms with Gasteiger partial charge in [0.2, 0.25) is 11.8 Å². The molecule has 7 nitrogen and oxygen atoms in total. The van der Waals surface area contributed by atoms with E-state index in [4.69, 9.17) is 5.11 Å². The van der Waals surface area contributed by atoms with Crippen LogP contribution in [-0.2, 0) is 14.4 Å². The molecule has 0 unspecified atom stereocenters. The van der Waals surface area contributed by atoms with Gasteiger partial charge in [0.25, 0.3) is 0 Å². The number of amides is 2. The van der Waals surface area contributed by atoms with Crippen LogP contribution in [0.25, 0.3) is 0 Å². The van der Waals surface area contributed by atoms with E-state index in [0.717, 1.165) is 12.8 Å². The van der Waals surface area contributed by atoms with Crippen LogP contribution in [0.5, 0.6) is 0 Å². The molecule has 0 aliphatic carbocycles. The van der Waals surface area contributed by atoms with Crippen molar-refractivity contribution < 1.29 is 24.6 Å². The lowest BCUT2D eigenvalue weighted by atomic mass is 9.89. The van der Waals surface area contributed by atoms with Gasteiger partial charge in [-0.3, -0.25) is 14.4 Å². The van der Waals surface area contributed by atoms with Crippen molar-refractivity contribution in [2.24, 2.45) is 5.92 Å². The van der Waals surface area contributed by atoms with Crippen molar-refractivity contribution in [3.8, 4) is 0 Å². The van der Waals surface area contributed by atoms with Crippen LogP contribution in [0.1, 0.15) is 58.8 Å². The molecular weight excluding hydrogens is 324 g/mol. The van der Waals surface area contributed by atoms with E-state index in [1.807, 2.05) is 13.8 Å². The first kappa shape index (κ1) is 21.4. The zero-order chi connectivity index (χ0) is 19.0. The van der Waals surface area contributed by atoms with Crippen LogP contribution in [0.4, 0.5) is 0 Å². The van der Waals surface area contributed by atoms with Crippen molar-refractivity contribution >= 4 is 17.8 Å². The molecule has 144 valence electrons. The number of piperidine rings is 1. The summed E-state index contributed by atoms with van der Waals surface area (Å²) in [6, 6.07) is 0. The Balaban J connectivity index is 2.51. The molecule has 0 spiro atoms. The van der Waals surface area contributed by atoms with E-state index >= 15 is 0 Å². The van der Waals surface area contributed by atoms with Gasteiger partial charge in [-0.05, 0) is 25.7 Å². The maximum atomic E-state index is 12.4. The highest BCUT2D eigenvalue weighted by Crippen LogP contribution is 2.24. The Morgan fingerprint density at radius 1 is 1.12 bits per heavy atom. The summed E-state index contributed by atoms with van der Waals surface area (Å²) < 4.78 is 0. The van der Waals surface area contributed by atoms with Gasteiger partial charge in [0.05, 0.1) is 24.5 Å². The zero-order valence-electron chi connectivity index (χ0n) is 15.7. The van der Waals surface area contributed by atoms with Gasteiger partial charge in [-0.1, -0.05) is 26.7 Å². The number of hydrogen-bond donors (Lipinski definition) is 2. The largest absolute Gasteiger partial charge is 0.481 e. The Morgan fingerprint density at radius 3 is 2.08 bits per heavy atom. The summed E-state index contributed by atoms with van der Waals surface area (Å²) in [5, 5.41) is 19.6. The van der Waals surface area contributed by atoms with Crippen LogP contribution in [0.15, 0.2) is 0 Å². The summed E-state index contributed by atoms with van der Waals surface area (Å²) in [4.78, 5) is 38.7. The number of carboxylic acid groups (broad SMARTS) is 1. The average Bonchev–Trinajstić information content (AvgIpc) is 2.54. The van der Waals surface area contributed by atoms with E-state index in [0.29, 0.717) is 38.8 Å². The van der Waals surface area contributed by atoms with Crippen molar-refractivity contribution in [3.63, 3.8) is 0 Å². The van der Waals surface area contributed by atoms with Gasteiger partial charge in [-0.25, -0.2) is 0 Å². The average molecular weight is 356 g/mol. The quantitative estimate of drug-likeness (QED) is 0.652. The SMILES string of the molecule is CCCC(O)(CCC)CC(=O)N(C)CC(=O)N1CCC(C(=O)O)CC1. The fraction of sp³-hybridized carbons (Fsp3) is 0.833. The smallest absolute Gasteiger partial charge is 0.306 e. The minimum atomic E-state index is -1.00. The Hall–Kier alpha value is -1.63. The molecule has 0 aromatic carbocycles. The third-order valence-electron chi connectivity index (χ3n) is 4.91. The second-order valence-corrected chi connectivity index (χ2v) is 7.14. The van der Waals surface area contributed by atoms with Gasteiger partial charge in [0.15, 0.2) is 0 Å². The number of aliphatic carboxylic acids is 1. The lowest BCUT2D eigenvalue weighted by Crippen LogP contribution is -2.46. The summed E-state index contributed by atoms with van der Waals surface area (Å²) in [7, 11) is 1.57. The summed E-state index contributed by atoms with van der Waals surface area (Å²) >= 11 is 0. The van der Waals surface area contributed by atoms with E-state index in [-0.39, 0.29) is 30.7 Å². The number of aliphatic hydroxyl groups is 1. The van der Waals surface area contributed by atoms with Crippen LogP contribution < -0.4 is 0 Å². The van der Waals surface area contributed by atoms with Gasteiger partial charge in [-0.2, -0.15) is 0 Å². The van der Waals surface area contributed by atoms with Crippen molar-refractivity contribution in [2.45, 2.75) is 64.4 Å². The first-order chi connectivity index (χ1) is 11.7. The highest BCUT2D eigenvalue weighted by Gasteiger charge is 2.31. The normalized spacial score (nSPS) is 15.9. The van der Waals surface area contributed by atoms with E-state index < -0.39 is 11.6 Å². The second-order valence-electron chi connectivity index (χ2n) is 7.14. The molecule has 0 atom stereocenters. The number of carbonyl (C=O) groups excluding carboxylic acids is 2. The molecular formula is C18H32N2O5. The Kier molecular flexibility index (Phi) is 8.35. The Labute approximate surface area is 150 Å². The maximum Gasteiger partial charge on any atom is 0.306 e. The molecule has 2 amide bonds. The molecule has 1 heterocycles. The van der Waals surface area contributed by atoms with Crippen LogP contribution in [-0.4, -0.2) is 70.1 Å². The molecule has 0 aromatic rings. The first-order valence-corrected chi connectivity index (χ1v) is 9.19. The molecule has 0 bridgehead atoms. The number of rotatable bonds is 9. The molecule has 1 rings (SSSR count). The summed E-state index contributed by atoms with van der Waals surface area (Å²) in [6.45, 7) is 4.73. The van der Waals surface area contributed by atoms with Crippen LogP contribution >= 0.6 is 0 Å². The molecule has 1 fully saturated rings. The third kappa shape index (κ3) is 6.65. The molecule has 7 heteroatoms. The lowest BCUT2D eigenvalue weighted by Gasteiger charge is -2.32. The minimum absolute atomic E-state index is 0.0273. The molecule has 0 radical (unpaired) electrons. The standard InChI is InChI=1S/C18H32N2O5/c1-4-8-18(25,9-5-2)12-15(21)19(3)13-16(22)20-10-6-14(7-11-20)17(23)24/h14,25H,4-13H2,1-3H3,(H,23,24). The van der Waals surface area contributed by atoms with Crippen molar-refractivity contribution in [2.75, 3.05) is 26.7 Å². The number of hydrogen-bond acceptors (Lipinski definition) is 4. The van der Waals surface area contributed by atoms with Crippen molar-refractivity contribution in [1.82, 2.24) is 9.80 Å². The molecule has 25 heavy (non-hydrogen) atoms. The predicted molar refractivity (Wildman–Crippen MR) is 94.0 cm³/mol. The van der Waals surface area contributed by atoms with Gasteiger partial charge in [0.1, 0.15) is 0 Å². The summed E-state index contributed by atoms with van der Waals surface area (Å²) in [6.07, 6.45) is 3.65. The highest BCUT2D eigenvalue weighted by molar-refractivity contribution is 5.85. The molecule has 1 aliphatic rings. The number of likely N-dealkylation sites (tertiary alicyclic amines) is 1. The van der Waals surface area contributed by atoms with Gasteiger partial charge >= 0.3 is 5.97 Å². The molecule has 0 saturated carbocycles. The van der Waals surface area contributed by atoms with Gasteiger partial charge in [0, 0.05) is 20.1 Å². The predicted octanol–water partition coefficient (Wildman–Crippen LogP) is 1.49. The fourth-order valence-electron chi connectivity index (χ4n) is 3.42. The zero-order valence-corrected chi connectivity index (χ0v) is 15.7. The number of carbonyl (C=O) groups is 3. The van der Waals surface area contributed by atoms with E-state index in [9.17, 15) is 19.5 Å². The summed E-state index contributed by atoms with van der Waals surface area (Å²) in [5.41, 5.74) is -1.00. The molecule has 1 aliphatic heterocycles. The third-order valence-corrected chi connectivity index (χ3v) is 4.91. The van der Waals surface area contributed by atoms with E-state index in [2.05, 4.69) is 0 Å². The van der Waals surface area contributed by atoms with Crippen LogP contribution in [0, 0.1) is 5.92 Å². The molecule has 2 N–H and O–H groups in total. The van der Waals surface area contributed by atoms with E-state index in [1.165, 1.54) is 4.90 Å². The second kappa shape index (κ2) is 9.75. The van der Waals surface area contributed by atoms with Crippen molar-refractivity contribution in [3.05, 3.63) is 0 Å². The monoisotopic (exact) mass is 356 g/mol. The highest BCUT2D eigenvalue weighted by atomic mass is 16.4. The number of carboxylic acids is 1. The topological polar surface area (TPSA) is 98.2 Å². The van der Waals surface area contributed by atoms with Gasteiger partial charge in [-0.15, -0.1) is 0 Å². The van der Waals surface area contributed by atoms with Crippen LogP contribution in [0.2, 0.25) is 0 Å². The Morgan fingerprint density at radius 2 is 1.64 bits per heavy atom. The number of nitrogens with zero attached hydrogens (tertiary/aromatic N) is 2. The molecule has 0 aromatic heterocycles.